The Morgan fingerprint density at radius 3 is 1.44 bits per heavy atom. The summed E-state index contributed by atoms with van der Waals surface area (Å²) < 4.78 is 59.6. The number of aryl methyl sites for hydroxylation is 7. The summed E-state index contributed by atoms with van der Waals surface area (Å²) in [5.41, 5.74) is 5.31. The van der Waals surface area contributed by atoms with Gasteiger partial charge in [0, 0.05) is 145 Å². The molecule has 0 saturated carbocycles. The highest BCUT2D eigenvalue weighted by atomic mass is 35.5. The summed E-state index contributed by atoms with van der Waals surface area (Å²) in [4.78, 5) is 140. The van der Waals surface area contributed by atoms with Crippen LogP contribution in [0.5, 0.6) is 5.88 Å². The first kappa shape index (κ1) is 90.4. The summed E-state index contributed by atoms with van der Waals surface area (Å²) >= 11 is 7.90. The minimum atomic E-state index is -0.641. The predicted octanol–water partition coefficient (Wildman–Crippen LogP) is 4.57. The Bertz CT molecular complexity index is 5010. The molecule has 8 aromatic heterocycles. The van der Waals surface area contributed by atoms with Crippen molar-refractivity contribution in [2.45, 2.75) is 52.5 Å². The Morgan fingerprint density at radius 2 is 0.942 bits per heavy atom. The van der Waals surface area contributed by atoms with Gasteiger partial charge in [0.2, 0.25) is 41.2 Å². The van der Waals surface area contributed by atoms with Gasteiger partial charge in [-0.2, -0.15) is 0 Å². The van der Waals surface area contributed by atoms with Crippen molar-refractivity contribution in [2.75, 3.05) is 165 Å². The van der Waals surface area contributed by atoms with E-state index in [9.17, 15) is 43.2 Å². The van der Waals surface area contributed by atoms with Crippen molar-refractivity contribution < 1.29 is 85.8 Å². The second-order valence-electron chi connectivity index (χ2n) is 27.1. The number of aromatic nitrogens is 12. The van der Waals surface area contributed by atoms with Gasteiger partial charge in [0.05, 0.1) is 141 Å². The van der Waals surface area contributed by atoms with Gasteiger partial charge in [-0.05, 0) is 56.7 Å². The zero-order valence-corrected chi connectivity index (χ0v) is 69.4. The van der Waals surface area contributed by atoms with E-state index in [2.05, 4.69) is 91.8 Å². The van der Waals surface area contributed by atoms with E-state index < -0.39 is 47.4 Å². The molecule has 0 spiro atoms. The number of hydrogen-bond donors (Lipinski definition) is 9. The first-order valence-electron chi connectivity index (χ1n) is 38.5. The maximum Gasteiger partial charge on any atom is 0.291 e. The molecule has 42 heteroatoms. The molecule has 0 saturated heterocycles. The lowest BCUT2D eigenvalue weighted by molar-refractivity contribution is -0.121. The third-order valence-electron chi connectivity index (χ3n) is 18.0. The molecule has 0 radical (unpaired) electrons. The van der Waals surface area contributed by atoms with Gasteiger partial charge in [0.25, 0.3) is 29.5 Å². The molecule has 1 aliphatic heterocycles. The number of ether oxygens (including phenoxy) is 9. The lowest BCUT2D eigenvalue weighted by Gasteiger charge is -2.13. The number of carbonyl (C=O) groups is 9. The van der Waals surface area contributed by atoms with Gasteiger partial charge in [-0.15, -0.1) is 21.5 Å². The van der Waals surface area contributed by atoms with E-state index in [1.54, 1.807) is 75.7 Å². The number of hydrogen-bond acceptors (Lipinski definition) is 26. The molecule has 1 unspecified atom stereocenters. The summed E-state index contributed by atoms with van der Waals surface area (Å²) in [6.45, 7) is 12.5. The molecule has 0 bridgehead atoms. The van der Waals surface area contributed by atoms with Gasteiger partial charge in [-0.1, -0.05) is 23.7 Å². The quantitative estimate of drug-likeness (QED) is 0.0236. The van der Waals surface area contributed by atoms with Gasteiger partial charge < -0.3 is 113 Å². The molecule has 9 heterocycles. The van der Waals surface area contributed by atoms with E-state index in [0.29, 0.717) is 133 Å². The lowest BCUT2D eigenvalue weighted by Crippen LogP contribution is -2.33. The fourth-order valence-corrected chi connectivity index (χ4v) is 13.3. The van der Waals surface area contributed by atoms with Crippen molar-refractivity contribution >= 4 is 111 Å². The smallest absolute Gasteiger partial charge is 0.291 e. The summed E-state index contributed by atoms with van der Waals surface area (Å²) in [7, 11) is 8.04. The van der Waals surface area contributed by atoms with Crippen molar-refractivity contribution in [3.63, 3.8) is 0 Å². The van der Waals surface area contributed by atoms with Gasteiger partial charge in [-0.3, -0.25) is 52.7 Å². The van der Waals surface area contributed by atoms with Crippen LogP contribution in [-0.2, 0) is 92.3 Å². The molecule has 1 aromatic carbocycles. The Balaban J connectivity index is 0.466. The molecule has 9 amide bonds. The summed E-state index contributed by atoms with van der Waals surface area (Å²) in [6, 6.07) is 13.3. The second kappa shape index (κ2) is 45.9. The number of thiophene rings is 1. The standard InChI is InChI=1S/C78H99ClN22O18S/c1-49-50(2)120-78-67(49)68(52-9-11-53(79)12-10-52)89-57(69-95-94-51(3)101(69)78)43-65(105)86-54-13-14-66(85-44-54)119-40-39-118-38-37-117-36-35-116-34-33-115-32-31-114-30-29-113-28-27-112-26-25-111-24-22-80-62(102)15-18-84-75(108)71-92-60(47-99(71)7)90-63(103)16-19-83-74(107)59-42-56(46-98(59)6)88-77(110)72-93-61(48-100(72)8)91-64(104)17-20-82-73(106)58-41-55(45-97(58)5)87-76(109)70-81-21-23-96(70)4/h9-14,21,23,41-42,44-48,57H,15-20,22,24-40,43H2,1-8H3,(H,80,102)(H,82,106)(H,83,107)(H,84,108)(H,86,105)(H,87,109)(H,88,110)(H,90,103)(H,91,104). The average molecular weight is 1700 g/mol. The van der Waals surface area contributed by atoms with Crippen LogP contribution in [0, 0.1) is 20.8 Å². The van der Waals surface area contributed by atoms with Gasteiger partial charge in [0.1, 0.15) is 34.9 Å². The Labute approximate surface area is 699 Å². The minimum Gasteiger partial charge on any atom is -0.475 e. The number of imidazole rings is 3. The number of benzene rings is 1. The molecule has 0 aliphatic carbocycles. The Hall–Kier alpha value is -11.9. The number of pyridine rings is 1. The molecule has 1 aliphatic rings. The number of fused-ring (bicyclic) bond motifs is 3. The number of nitrogens with one attached hydrogen (secondary N) is 9. The summed E-state index contributed by atoms with van der Waals surface area (Å²) in [5.74, 6) is -2.24. The highest BCUT2D eigenvalue weighted by Gasteiger charge is 2.33. The first-order valence-corrected chi connectivity index (χ1v) is 39.7. The third-order valence-corrected chi connectivity index (χ3v) is 19.5. The number of carbonyl (C=O) groups excluding carboxylic acids is 9. The molecule has 120 heavy (non-hydrogen) atoms. The van der Waals surface area contributed by atoms with Crippen molar-refractivity contribution in [2.24, 2.45) is 40.2 Å². The van der Waals surface area contributed by atoms with E-state index in [4.69, 9.17) is 59.2 Å². The molecule has 40 nitrogen and oxygen atoms in total. The highest BCUT2D eigenvalue weighted by molar-refractivity contribution is 7.15. The SMILES string of the molecule is Cc1sc2c(c1C)C(c1ccc(Cl)cc1)=NC(CC(=O)Nc1ccc(OCCOCCOCCOCCOCCOCCOCCOCCOCCNC(=O)CCNC(=O)c3nc(NC(=O)CCNC(=O)c4cc(NC(=O)c5nc(NC(=O)CCNC(=O)c6cc(NC(=O)c7nccn7C)cn6C)cn5C)cn4C)cn3C)nc1)c1nnc(C)n1-2. The molecule has 9 aromatic rings. The van der Waals surface area contributed by atoms with Crippen molar-refractivity contribution in [3.05, 3.63) is 159 Å². The third kappa shape index (κ3) is 27.0. The highest BCUT2D eigenvalue weighted by Crippen LogP contribution is 2.40. The van der Waals surface area contributed by atoms with Crippen molar-refractivity contribution in [3.8, 4) is 10.9 Å². The van der Waals surface area contributed by atoms with Crippen LogP contribution in [0.25, 0.3) is 5.00 Å². The summed E-state index contributed by atoms with van der Waals surface area (Å²) in [6.07, 6.45) is 10.4. The average Bonchev–Trinajstić information content (AvgIpc) is 1.59. The van der Waals surface area contributed by atoms with Crippen LogP contribution in [-0.4, -0.2) is 255 Å². The number of anilines is 5. The zero-order chi connectivity index (χ0) is 85.5. The van der Waals surface area contributed by atoms with Crippen LogP contribution < -0.4 is 52.6 Å². The van der Waals surface area contributed by atoms with Gasteiger partial charge in [0.15, 0.2) is 23.3 Å². The van der Waals surface area contributed by atoms with E-state index >= 15 is 0 Å². The maximum atomic E-state index is 13.5. The van der Waals surface area contributed by atoms with Crippen LogP contribution >= 0.6 is 22.9 Å². The first-order chi connectivity index (χ1) is 58.0. The maximum absolute atomic E-state index is 13.5. The Morgan fingerprint density at radius 1 is 0.458 bits per heavy atom. The van der Waals surface area contributed by atoms with E-state index in [1.807, 2.05) is 35.8 Å². The van der Waals surface area contributed by atoms with Crippen LogP contribution in [0.4, 0.5) is 28.7 Å². The largest absolute Gasteiger partial charge is 0.475 e. The van der Waals surface area contributed by atoms with E-state index in [1.165, 1.54) is 61.4 Å². The normalized spacial score (nSPS) is 12.2. The van der Waals surface area contributed by atoms with Crippen molar-refractivity contribution in [1.82, 2.24) is 78.8 Å². The fraction of sp³-hybridized carbons (Fsp3) is 0.436. The molecule has 10 rings (SSSR count). The number of amides is 9. The van der Waals surface area contributed by atoms with Crippen molar-refractivity contribution in [1.29, 1.82) is 0 Å². The van der Waals surface area contributed by atoms with E-state index in [-0.39, 0.29) is 123 Å². The summed E-state index contributed by atoms with van der Waals surface area (Å²) in [5, 5.41) is 34.7. The lowest BCUT2D eigenvalue weighted by atomic mass is 9.99. The molecule has 1 atom stereocenters. The van der Waals surface area contributed by atoms with Crippen LogP contribution in [0.3, 0.4) is 0 Å². The Kier molecular flexibility index (Phi) is 34.5. The molecule has 9 N–H and O–H groups in total. The fourth-order valence-electron chi connectivity index (χ4n) is 11.9. The molecular weight excluding hydrogens is 1600 g/mol. The second-order valence-corrected chi connectivity index (χ2v) is 28.7. The molecule has 642 valence electrons. The van der Waals surface area contributed by atoms with Crippen LogP contribution in [0.1, 0.15) is 118 Å². The van der Waals surface area contributed by atoms with Crippen LogP contribution in [0.2, 0.25) is 5.02 Å². The minimum absolute atomic E-state index is 0.00762. The molecular formula is C78H99ClN22O18S. The predicted molar refractivity (Wildman–Crippen MR) is 440 cm³/mol. The monoisotopic (exact) mass is 1700 g/mol. The van der Waals surface area contributed by atoms with Crippen LogP contribution in [0.15, 0.2) is 96.9 Å². The van der Waals surface area contributed by atoms with Gasteiger partial charge >= 0.3 is 0 Å². The number of rotatable bonds is 50. The number of aliphatic imine (C=N–C) groups is 1. The zero-order valence-electron chi connectivity index (χ0n) is 67.9. The topological polar surface area (TPSA) is 464 Å². The number of halogens is 1. The van der Waals surface area contributed by atoms with E-state index in [0.717, 1.165) is 32.3 Å². The molecule has 0 fully saturated rings. The number of nitrogens with zero attached hydrogens (tertiary/aromatic N) is 13. The van der Waals surface area contributed by atoms with Gasteiger partial charge in [-0.25, -0.2) is 19.9 Å².